The van der Waals surface area contributed by atoms with Crippen molar-refractivity contribution in [2.45, 2.75) is 37.7 Å². The molecule has 1 atom stereocenters. The Morgan fingerprint density at radius 3 is 1.98 bits per heavy atom. The number of ether oxygens (including phenoxy) is 6. The van der Waals surface area contributed by atoms with Crippen molar-refractivity contribution in [2.75, 3.05) is 34.5 Å². The van der Waals surface area contributed by atoms with Gasteiger partial charge in [-0.15, -0.1) is 0 Å². The van der Waals surface area contributed by atoms with Gasteiger partial charge in [0.25, 0.3) is 0 Å². The topological polar surface area (TPSA) is 110 Å². The molecule has 0 fully saturated rings. The van der Waals surface area contributed by atoms with E-state index in [2.05, 4.69) is 19.9 Å². The SMILES string of the molecule is COc1ccc(C2(c3ccc(OCCOC(=O)CCC(=O)O)cc3)C=Cc3c4c(c5cc(OC)c(OC)cc5c3O2)-c2ccc(-c3ccc(F)c(F)c3F)cc2C4(C)C)cc1. The summed E-state index contributed by atoms with van der Waals surface area (Å²) in [6.07, 6.45) is 3.54. The first-order valence-corrected chi connectivity index (χ1v) is 19.5. The summed E-state index contributed by atoms with van der Waals surface area (Å²) in [5.74, 6) is -3.00. The van der Waals surface area contributed by atoms with E-state index in [1.54, 1.807) is 39.5 Å². The van der Waals surface area contributed by atoms with Crippen molar-refractivity contribution in [3.05, 3.63) is 142 Å². The van der Waals surface area contributed by atoms with Gasteiger partial charge in [-0.05, 0) is 93.9 Å². The molecule has 1 N–H and O–H groups in total. The largest absolute Gasteiger partial charge is 0.497 e. The number of carboxylic acids is 1. The third-order valence-corrected chi connectivity index (χ3v) is 11.4. The van der Waals surface area contributed by atoms with E-state index in [9.17, 15) is 18.4 Å². The summed E-state index contributed by atoms with van der Waals surface area (Å²) in [6, 6.07) is 26.4. The first kappa shape index (κ1) is 40.8. The van der Waals surface area contributed by atoms with E-state index >= 15 is 4.39 Å². The molecule has 1 unspecified atom stereocenters. The fraction of sp³-hybridized carbons (Fsp3) is 0.224. The summed E-state index contributed by atoms with van der Waals surface area (Å²) in [5.41, 5.74) is 4.48. The number of esters is 1. The maximum Gasteiger partial charge on any atom is 0.306 e. The van der Waals surface area contributed by atoms with E-state index in [0.29, 0.717) is 34.3 Å². The van der Waals surface area contributed by atoms with Gasteiger partial charge in [0.05, 0.1) is 34.2 Å². The number of carboxylic acid groups (broad SMARTS) is 1. The molecule has 0 saturated carbocycles. The summed E-state index contributed by atoms with van der Waals surface area (Å²) in [4.78, 5) is 22.6. The highest BCUT2D eigenvalue weighted by Crippen LogP contribution is 2.59. The van der Waals surface area contributed by atoms with Crippen LogP contribution in [0.25, 0.3) is 39.1 Å². The monoisotopic (exact) mass is 830 g/mol. The van der Waals surface area contributed by atoms with E-state index in [4.69, 9.17) is 33.5 Å². The van der Waals surface area contributed by atoms with Crippen LogP contribution in [0.4, 0.5) is 13.2 Å². The minimum atomic E-state index is -1.53. The van der Waals surface area contributed by atoms with Gasteiger partial charge in [-0.25, -0.2) is 13.2 Å². The molecule has 2 aliphatic rings. The Kier molecular flexibility index (Phi) is 10.6. The fourth-order valence-electron chi connectivity index (χ4n) is 8.44. The fourth-order valence-corrected chi connectivity index (χ4v) is 8.44. The molecule has 1 aliphatic heterocycles. The van der Waals surface area contributed by atoms with Crippen molar-refractivity contribution >= 4 is 28.8 Å². The Bertz CT molecular complexity index is 2740. The van der Waals surface area contributed by atoms with Crippen LogP contribution in [-0.4, -0.2) is 51.6 Å². The highest BCUT2D eigenvalue weighted by molar-refractivity contribution is 6.10. The molecule has 0 radical (unpaired) electrons. The molecule has 12 heteroatoms. The number of halogens is 3. The second kappa shape index (κ2) is 15.9. The molecule has 61 heavy (non-hydrogen) atoms. The van der Waals surface area contributed by atoms with Gasteiger partial charge in [-0.2, -0.15) is 0 Å². The van der Waals surface area contributed by atoms with Crippen LogP contribution in [0.2, 0.25) is 0 Å². The quantitative estimate of drug-likeness (QED) is 0.0691. The zero-order chi connectivity index (χ0) is 43.2. The smallest absolute Gasteiger partial charge is 0.306 e. The molecule has 0 spiro atoms. The summed E-state index contributed by atoms with van der Waals surface area (Å²) < 4.78 is 79.2. The van der Waals surface area contributed by atoms with Gasteiger partial charge in [-0.3, -0.25) is 9.59 Å². The Labute approximate surface area is 349 Å². The zero-order valence-electron chi connectivity index (χ0n) is 34.0. The Hall–Kier alpha value is -6.95. The van der Waals surface area contributed by atoms with E-state index in [-0.39, 0.29) is 31.6 Å². The average Bonchev–Trinajstić information content (AvgIpc) is 3.51. The number of benzene rings is 6. The summed E-state index contributed by atoms with van der Waals surface area (Å²) in [7, 11) is 4.73. The first-order chi connectivity index (χ1) is 29.3. The number of methoxy groups -OCH3 is 3. The Morgan fingerprint density at radius 1 is 0.705 bits per heavy atom. The van der Waals surface area contributed by atoms with Crippen LogP contribution in [0.3, 0.4) is 0 Å². The second-order valence-corrected chi connectivity index (χ2v) is 15.2. The zero-order valence-corrected chi connectivity index (χ0v) is 34.0. The molecule has 0 bridgehead atoms. The maximum atomic E-state index is 15.2. The summed E-state index contributed by atoms with van der Waals surface area (Å²) in [6.45, 7) is 4.16. The molecular formula is C49H41F3O9. The lowest BCUT2D eigenvalue weighted by Crippen LogP contribution is -2.35. The van der Waals surface area contributed by atoms with Crippen LogP contribution >= 0.6 is 0 Å². The van der Waals surface area contributed by atoms with Crippen LogP contribution in [0.5, 0.6) is 28.7 Å². The third kappa shape index (κ3) is 7.05. The van der Waals surface area contributed by atoms with Gasteiger partial charge in [0, 0.05) is 33.1 Å². The van der Waals surface area contributed by atoms with E-state index in [1.165, 1.54) is 6.07 Å². The van der Waals surface area contributed by atoms with Crippen molar-refractivity contribution in [1.82, 2.24) is 0 Å². The van der Waals surface area contributed by atoms with E-state index in [1.807, 2.05) is 66.7 Å². The van der Waals surface area contributed by atoms with Crippen LogP contribution in [-0.2, 0) is 25.3 Å². The van der Waals surface area contributed by atoms with E-state index in [0.717, 1.165) is 55.8 Å². The Morgan fingerprint density at radius 2 is 1.34 bits per heavy atom. The van der Waals surface area contributed by atoms with Gasteiger partial charge in [0.1, 0.15) is 30.5 Å². The molecular weight excluding hydrogens is 790 g/mol. The minimum absolute atomic E-state index is 0.0481. The molecule has 0 amide bonds. The molecule has 6 aromatic carbocycles. The predicted molar refractivity (Wildman–Crippen MR) is 223 cm³/mol. The summed E-state index contributed by atoms with van der Waals surface area (Å²) in [5, 5.41) is 10.4. The third-order valence-electron chi connectivity index (χ3n) is 11.4. The molecule has 1 aliphatic carbocycles. The van der Waals surface area contributed by atoms with Gasteiger partial charge < -0.3 is 33.5 Å². The molecule has 0 saturated heterocycles. The van der Waals surface area contributed by atoms with Crippen molar-refractivity contribution in [1.29, 1.82) is 0 Å². The number of carbonyl (C=O) groups is 2. The predicted octanol–water partition coefficient (Wildman–Crippen LogP) is 10.4. The van der Waals surface area contributed by atoms with Crippen molar-refractivity contribution in [3.63, 3.8) is 0 Å². The molecule has 312 valence electrons. The van der Waals surface area contributed by atoms with Gasteiger partial charge in [0.15, 0.2) is 34.6 Å². The lowest BCUT2D eigenvalue weighted by atomic mass is 9.76. The molecule has 8 rings (SSSR count). The molecule has 1 heterocycles. The lowest BCUT2D eigenvalue weighted by Gasteiger charge is -2.38. The number of rotatable bonds is 13. The molecule has 9 nitrogen and oxygen atoms in total. The lowest BCUT2D eigenvalue weighted by molar-refractivity contribution is -0.148. The van der Waals surface area contributed by atoms with Crippen LogP contribution in [0.1, 0.15) is 54.5 Å². The van der Waals surface area contributed by atoms with E-state index < -0.39 is 40.4 Å². The highest BCUT2D eigenvalue weighted by Gasteiger charge is 2.45. The standard InChI is InChI=1S/C49H41F3O9/c1-48(2)37-24-27(32-16-17-38(50)46(52)45(32)51)6-15-33(37)43-35-25-39(57-4)40(58-5)26-36(35)47-34(44(43)48)20-21-49(61-47,28-7-11-30(56-3)12-8-28)29-9-13-31(14-10-29)59-22-23-60-42(55)19-18-41(53)54/h6-17,20-21,24-26H,18-19,22-23H2,1-5H3,(H,53,54). The second-order valence-electron chi connectivity index (χ2n) is 15.2. The van der Waals surface area contributed by atoms with Crippen LogP contribution in [0.15, 0.2) is 97.1 Å². The van der Waals surface area contributed by atoms with Crippen molar-refractivity contribution < 1.29 is 56.3 Å². The normalized spacial score (nSPS) is 15.6. The number of fused-ring (bicyclic) bond motifs is 8. The van der Waals surface area contributed by atoms with Crippen molar-refractivity contribution in [2.24, 2.45) is 0 Å². The highest BCUT2D eigenvalue weighted by atomic mass is 19.2. The molecule has 0 aromatic heterocycles. The van der Waals surface area contributed by atoms with Gasteiger partial charge in [-0.1, -0.05) is 56.3 Å². The maximum absolute atomic E-state index is 15.2. The number of carbonyl (C=O) groups excluding carboxylic acids is 1. The average molecular weight is 831 g/mol. The van der Waals surface area contributed by atoms with Crippen LogP contribution in [0, 0.1) is 17.5 Å². The number of hydrogen-bond acceptors (Lipinski definition) is 8. The minimum Gasteiger partial charge on any atom is -0.497 e. The number of hydrogen-bond donors (Lipinski definition) is 1. The molecule has 6 aromatic rings. The van der Waals surface area contributed by atoms with Crippen LogP contribution < -0.4 is 23.7 Å². The summed E-state index contributed by atoms with van der Waals surface area (Å²) >= 11 is 0. The number of aliphatic carboxylic acids is 1. The van der Waals surface area contributed by atoms with Gasteiger partial charge >= 0.3 is 11.9 Å². The van der Waals surface area contributed by atoms with Crippen molar-refractivity contribution in [3.8, 4) is 51.0 Å². The Balaban J connectivity index is 1.25. The van der Waals surface area contributed by atoms with Gasteiger partial charge in [0.2, 0.25) is 0 Å². The first-order valence-electron chi connectivity index (χ1n) is 19.5.